The van der Waals surface area contributed by atoms with E-state index in [0.29, 0.717) is 46.3 Å². The molecule has 11 heteroatoms. The number of anilines is 2. The Morgan fingerprint density at radius 2 is 1.88 bits per heavy atom. The molecule has 1 atom stereocenters. The number of pyridine rings is 1. The smallest absolute Gasteiger partial charge is 0.123 e. The molecular formula is C31H31BFN9. The summed E-state index contributed by atoms with van der Waals surface area (Å²) in [5.74, 6) is -0.364. The van der Waals surface area contributed by atoms with Crippen molar-refractivity contribution in [3.05, 3.63) is 83.8 Å². The molecule has 3 aromatic heterocycles. The molecular weight excluding hydrogens is 528 g/mol. The van der Waals surface area contributed by atoms with E-state index in [1.807, 2.05) is 36.3 Å². The molecule has 5 aromatic rings. The number of aromatic nitrogens is 6. The van der Waals surface area contributed by atoms with E-state index >= 15 is 0 Å². The Morgan fingerprint density at radius 3 is 2.52 bits per heavy atom. The SMILES string of the molecule is [B]C(Nc1cc(-c2cnn(C)c2)c2ncc(C#N)c(NCC(C)(C)C)c2c1)(c1ccc(F)cc1)c1cn(C2CC2)nn1. The highest BCUT2D eigenvalue weighted by molar-refractivity contribution is 6.19. The number of benzene rings is 2. The lowest BCUT2D eigenvalue weighted by Gasteiger charge is -2.32. The molecule has 1 saturated carbocycles. The van der Waals surface area contributed by atoms with Crippen LogP contribution in [0.2, 0.25) is 0 Å². The largest absolute Gasteiger partial charge is 0.383 e. The Bertz CT molecular complexity index is 1810. The molecule has 1 fully saturated rings. The summed E-state index contributed by atoms with van der Waals surface area (Å²) in [6.45, 7) is 7.03. The van der Waals surface area contributed by atoms with Crippen molar-refractivity contribution in [3.8, 4) is 17.2 Å². The summed E-state index contributed by atoms with van der Waals surface area (Å²) in [5, 5.41) is 30.9. The lowest BCUT2D eigenvalue weighted by molar-refractivity contribution is 0.443. The van der Waals surface area contributed by atoms with E-state index in [4.69, 9.17) is 12.8 Å². The average Bonchev–Trinajstić information content (AvgIpc) is 3.51. The van der Waals surface area contributed by atoms with E-state index in [0.717, 1.165) is 29.4 Å². The van der Waals surface area contributed by atoms with Crippen LogP contribution in [0.25, 0.3) is 22.0 Å². The highest BCUT2D eigenvalue weighted by atomic mass is 19.1. The van der Waals surface area contributed by atoms with Gasteiger partial charge in [-0.2, -0.15) is 10.4 Å². The van der Waals surface area contributed by atoms with Crippen molar-refractivity contribution in [1.29, 1.82) is 5.26 Å². The normalized spacial score (nSPS) is 14.9. The molecule has 6 rings (SSSR count). The van der Waals surface area contributed by atoms with Gasteiger partial charge >= 0.3 is 0 Å². The first-order valence-electron chi connectivity index (χ1n) is 13.9. The Kier molecular flexibility index (Phi) is 6.72. The van der Waals surface area contributed by atoms with Crippen molar-refractivity contribution in [3.63, 3.8) is 0 Å². The third-order valence-corrected chi connectivity index (χ3v) is 7.38. The summed E-state index contributed by atoms with van der Waals surface area (Å²) < 4.78 is 17.5. The van der Waals surface area contributed by atoms with Crippen molar-refractivity contribution in [1.82, 2.24) is 29.8 Å². The lowest BCUT2D eigenvalue weighted by atomic mass is 9.69. The van der Waals surface area contributed by atoms with Crippen molar-refractivity contribution in [2.45, 2.75) is 45.1 Å². The maximum Gasteiger partial charge on any atom is 0.123 e. The first kappa shape index (κ1) is 27.5. The zero-order valence-electron chi connectivity index (χ0n) is 24.1. The second-order valence-electron chi connectivity index (χ2n) is 12.2. The van der Waals surface area contributed by atoms with Gasteiger partial charge in [0.15, 0.2) is 0 Å². The fraction of sp³-hybridized carbons (Fsp3) is 0.323. The third kappa shape index (κ3) is 5.32. The summed E-state index contributed by atoms with van der Waals surface area (Å²) in [6.07, 6.45) is 9.23. The van der Waals surface area contributed by atoms with Crippen LogP contribution < -0.4 is 10.6 Å². The molecule has 2 N–H and O–H groups in total. The molecule has 1 aliphatic carbocycles. The molecule has 210 valence electrons. The van der Waals surface area contributed by atoms with Gasteiger partial charge in [0.25, 0.3) is 0 Å². The van der Waals surface area contributed by atoms with Crippen molar-refractivity contribution in [2.75, 3.05) is 17.2 Å². The highest BCUT2D eigenvalue weighted by Crippen LogP contribution is 2.40. The van der Waals surface area contributed by atoms with Crippen molar-refractivity contribution < 1.29 is 4.39 Å². The number of nitriles is 1. The molecule has 9 nitrogen and oxygen atoms in total. The maximum atomic E-state index is 14.0. The number of nitrogens with one attached hydrogen (secondary N) is 2. The van der Waals surface area contributed by atoms with Crippen LogP contribution in [0.1, 0.15) is 56.5 Å². The summed E-state index contributed by atoms with van der Waals surface area (Å²) >= 11 is 0. The van der Waals surface area contributed by atoms with E-state index in [2.05, 4.69) is 52.9 Å². The van der Waals surface area contributed by atoms with Gasteiger partial charge in [-0.15, -0.1) is 5.10 Å². The molecule has 0 saturated heterocycles. The summed E-state index contributed by atoms with van der Waals surface area (Å²) in [7, 11) is 9.01. The number of fused-ring (bicyclic) bond motifs is 1. The van der Waals surface area contributed by atoms with Crippen molar-refractivity contribution in [2.24, 2.45) is 12.5 Å². The molecule has 1 unspecified atom stereocenters. The zero-order chi connectivity index (χ0) is 29.6. The maximum absolute atomic E-state index is 14.0. The van der Waals surface area contributed by atoms with Crippen molar-refractivity contribution >= 4 is 30.1 Å². The number of halogens is 1. The number of aryl methyl sites for hydroxylation is 1. The number of nitrogens with zero attached hydrogens (tertiary/aromatic N) is 7. The Balaban J connectivity index is 1.55. The van der Waals surface area contributed by atoms with Crippen LogP contribution in [-0.2, 0) is 12.5 Å². The Hall–Kier alpha value is -4.72. The molecule has 0 bridgehead atoms. The van der Waals surface area contributed by atoms with Gasteiger partial charge in [0, 0.05) is 48.2 Å². The van der Waals surface area contributed by atoms with Gasteiger partial charge in [0.05, 0.1) is 40.6 Å². The minimum Gasteiger partial charge on any atom is -0.383 e. The molecule has 42 heavy (non-hydrogen) atoms. The van der Waals surface area contributed by atoms with Gasteiger partial charge < -0.3 is 10.6 Å². The van der Waals surface area contributed by atoms with Gasteiger partial charge in [-0.3, -0.25) is 9.67 Å². The van der Waals surface area contributed by atoms with E-state index in [-0.39, 0.29) is 11.2 Å². The van der Waals surface area contributed by atoms with Gasteiger partial charge in [0.1, 0.15) is 25.4 Å². The summed E-state index contributed by atoms with van der Waals surface area (Å²) in [5.41, 5.74) is 3.90. The standard InChI is InChI=1S/C31H31BFN9/c1-30(2,3)18-36-28-19(13-34)14-35-29-25(20-15-37-41(4)16-20)11-23(12-26(28)29)38-31(32,21-5-7-22(33)8-6-21)27-17-42(40-39-27)24-9-10-24/h5-8,11-12,14-17,24,38H,9-10,18H2,1-4H3,(H,35,36). The van der Waals surface area contributed by atoms with Gasteiger partial charge in [-0.1, -0.05) is 38.1 Å². The predicted octanol–water partition coefficient (Wildman–Crippen LogP) is 5.51. The Labute approximate surface area is 245 Å². The monoisotopic (exact) mass is 559 g/mol. The molecule has 0 spiro atoms. The first-order chi connectivity index (χ1) is 20.0. The summed E-state index contributed by atoms with van der Waals surface area (Å²) in [4.78, 5) is 4.71. The van der Waals surface area contributed by atoms with Gasteiger partial charge in [-0.05, 0) is 48.1 Å². The minimum atomic E-state index is -1.35. The topological polar surface area (TPSA) is 109 Å². The van der Waals surface area contributed by atoms with Crippen LogP contribution in [-0.4, -0.2) is 44.1 Å². The summed E-state index contributed by atoms with van der Waals surface area (Å²) in [6, 6.07) is 12.5. The van der Waals surface area contributed by atoms with Crippen LogP contribution in [0.15, 0.2) is 61.2 Å². The quantitative estimate of drug-likeness (QED) is 0.241. The molecule has 1 aliphatic rings. The van der Waals surface area contributed by atoms with E-state index in [9.17, 15) is 9.65 Å². The fourth-order valence-electron chi connectivity index (χ4n) is 4.98. The molecule has 2 aromatic carbocycles. The second-order valence-corrected chi connectivity index (χ2v) is 12.2. The molecule has 3 heterocycles. The number of rotatable bonds is 8. The molecule has 2 radical (unpaired) electrons. The van der Waals surface area contributed by atoms with Gasteiger partial charge in [0.2, 0.25) is 0 Å². The zero-order valence-corrected chi connectivity index (χ0v) is 24.1. The van der Waals surface area contributed by atoms with E-state index in [1.54, 1.807) is 29.2 Å². The lowest BCUT2D eigenvalue weighted by Crippen LogP contribution is -2.37. The predicted molar refractivity (Wildman–Crippen MR) is 161 cm³/mol. The number of hydrogen-bond acceptors (Lipinski definition) is 7. The number of hydrogen-bond donors (Lipinski definition) is 2. The van der Waals surface area contributed by atoms with Gasteiger partial charge in [-0.25, -0.2) is 9.07 Å². The van der Waals surface area contributed by atoms with E-state index in [1.165, 1.54) is 12.1 Å². The van der Waals surface area contributed by atoms with Crippen LogP contribution in [0.5, 0.6) is 0 Å². The molecule has 0 aliphatic heterocycles. The average molecular weight is 559 g/mol. The second kappa shape index (κ2) is 10.3. The third-order valence-electron chi connectivity index (χ3n) is 7.38. The Morgan fingerprint density at radius 1 is 1.12 bits per heavy atom. The molecule has 0 amide bonds. The van der Waals surface area contributed by atoms with Crippen LogP contribution >= 0.6 is 0 Å². The van der Waals surface area contributed by atoms with Crippen LogP contribution in [0.4, 0.5) is 15.8 Å². The fourth-order valence-corrected chi connectivity index (χ4v) is 4.98. The highest BCUT2D eigenvalue weighted by Gasteiger charge is 2.34. The minimum absolute atomic E-state index is 0.0350. The van der Waals surface area contributed by atoms with Crippen LogP contribution in [0.3, 0.4) is 0 Å². The van der Waals surface area contributed by atoms with Crippen LogP contribution in [0, 0.1) is 22.6 Å². The first-order valence-corrected chi connectivity index (χ1v) is 13.9. The van der Waals surface area contributed by atoms with E-state index < -0.39 is 5.44 Å².